The monoisotopic (exact) mass is 843 g/mol. The summed E-state index contributed by atoms with van der Waals surface area (Å²) in [5, 5.41) is 9.13. The van der Waals surface area contributed by atoms with Crippen LogP contribution in [0.3, 0.4) is 0 Å². The van der Waals surface area contributed by atoms with Crippen molar-refractivity contribution in [3.8, 4) is 0 Å². The summed E-state index contributed by atoms with van der Waals surface area (Å²) in [6.45, 7) is 9.01. The van der Waals surface area contributed by atoms with E-state index in [0.29, 0.717) is 65.2 Å². The number of carboxylic acid groups (broad SMARTS) is 1. The number of rotatable bonds is 24. The van der Waals surface area contributed by atoms with Gasteiger partial charge in [-0.25, -0.2) is 0 Å². The largest absolute Gasteiger partial charge is 0.481 e. The average Bonchev–Trinajstić information content (AvgIpc) is 3.54. The van der Waals surface area contributed by atoms with Crippen molar-refractivity contribution in [2.45, 2.75) is 92.8 Å². The summed E-state index contributed by atoms with van der Waals surface area (Å²) in [5.74, 6) is -0.839. The lowest BCUT2D eigenvalue weighted by molar-refractivity contribution is -0.441. The second-order valence-corrected chi connectivity index (χ2v) is 17.8. The maximum Gasteiger partial charge on any atom is 0.303 e. The number of carbonyl (C=O) groups is 1. The summed E-state index contributed by atoms with van der Waals surface area (Å²) in [6, 6.07) is 9.38. The van der Waals surface area contributed by atoms with Crippen LogP contribution < -0.4 is 4.90 Å². The summed E-state index contributed by atoms with van der Waals surface area (Å²) in [7, 11) is -5.64. The number of unbranched alkanes of at least 4 members (excludes halogenated alkanes) is 3. The predicted molar refractivity (Wildman–Crippen MR) is 225 cm³/mol. The van der Waals surface area contributed by atoms with Gasteiger partial charge in [0.05, 0.1) is 28.4 Å². The molecule has 0 aromatic heterocycles. The van der Waals surface area contributed by atoms with Gasteiger partial charge in [0.25, 0.3) is 20.2 Å². The molecule has 2 aromatic rings. The van der Waals surface area contributed by atoms with E-state index in [4.69, 9.17) is 19.3 Å². The van der Waals surface area contributed by atoms with Gasteiger partial charge in [0, 0.05) is 68.3 Å². The summed E-state index contributed by atoms with van der Waals surface area (Å²) < 4.78 is 87.1. The van der Waals surface area contributed by atoms with E-state index in [0.717, 1.165) is 53.2 Å². The van der Waals surface area contributed by atoms with Gasteiger partial charge in [-0.1, -0.05) is 56.6 Å². The Morgan fingerprint density at radius 1 is 0.776 bits per heavy atom. The second kappa shape index (κ2) is 20.8. The molecule has 3 N–H and O–H groups in total. The third-order valence-corrected chi connectivity index (χ3v) is 12.7. The van der Waals surface area contributed by atoms with E-state index >= 15 is 0 Å². The number of benzene rings is 2. The van der Waals surface area contributed by atoms with Crippen LogP contribution in [0.5, 0.6) is 0 Å². The number of fused-ring (bicyclic) bond motifs is 2. The van der Waals surface area contributed by atoms with E-state index in [1.165, 1.54) is 18.2 Å². The molecular weight excluding hydrogens is 785 g/mol. The number of allylic oxidation sites excluding steroid dienone is 8. The molecule has 0 saturated carbocycles. The minimum Gasteiger partial charge on any atom is -0.481 e. The Kier molecular flexibility index (Phi) is 16.8. The van der Waals surface area contributed by atoms with Crippen molar-refractivity contribution in [3.63, 3.8) is 0 Å². The van der Waals surface area contributed by atoms with Crippen LogP contribution >= 0.6 is 0 Å². The van der Waals surface area contributed by atoms with Crippen LogP contribution in [0, 0.1) is 0 Å². The highest BCUT2D eigenvalue weighted by molar-refractivity contribution is 7.86. The first-order chi connectivity index (χ1) is 27.5. The van der Waals surface area contributed by atoms with Crippen LogP contribution in [0.1, 0.15) is 83.3 Å². The molecule has 2 aromatic carbocycles. The van der Waals surface area contributed by atoms with Crippen molar-refractivity contribution in [2.75, 3.05) is 58.6 Å². The van der Waals surface area contributed by atoms with Crippen LogP contribution in [0.15, 0.2) is 94.4 Å². The number of ether oxygens (including phenoxy) is 3. The fourth-order valence-electron chi connectivity index (χ4n) is 7.83. The molecule has 2 heterocycles. The number of hydrogen-bond donors (Lipinski definition) is 3. The smallest absolute Gasteiger partial charge is 0.303 e. The molecule has 0 aliphatic carbocycles. The molecule has 0 radical (unpaired) electrons. The topological polar surface area (TPSA) is 180 Å². The van der Waals surface area contributed by atoms with Crippen LogP contribution in [0.4, 0.5) is 11.4 Å². The summed E-state index contributed by atoms with van der Waals surface area (Å²) in [6.07, 6.45) is 18.8. The predicted octanol–water partition coefficient (Wildman–Crippen LogP) is 7.40. The summed E-state index contributed by atoms with van der Waals surface area (Å²) in [5.41, 5.74) is 3.94. The fourth-order valence-corrected chi connectivity index (χ4v) is 8.85. The first-order valence-corrected chi connectivity index (χ1v) is 22.6. The highest BCUT2D eigenvalue weighted by Crippen LogP contribution is 2.51. The molecule has 2 unspecified atom stereocenters. The van der Waals surface area contributed by atoms with Crippen molar-refractivity contribution < 1.29 is 54.6 Å². The zero-order valence-corrected chi connectivity index (χ0v) is 35.9. The highest BCUT2D eigenvalue weighted by atomic mass is 32.2. The Morgan fingerprint density at radius 3 is 2.09 bits per heavy atom. The van der Waals surface area contributed by atoms with E-state index in [1.54, 1.807) is 32.4 Å². The van der Waals surface area contributed by atoms with E-state index in [9.17, 15) is 30.7 Å². The molecule has 0 spiro atoms. The molecular formula is C43H59N2O11S2+. The number of anilines is 1. The van der Waals surface area contributed by atoms with Crippen LogP contribution in [0.25, 0.3) is 0 Å². The van der Waals surface area contributed by atoms with Gasteiger partial charge in [-0.2, -0.15) is 21.4 Å². The van der Waals surface area contributed by atoms with E-state index in [1.807, 2.05) is 49.5 Å². The molecule has 0 bridgehead atoms. The highest BCUT2D eigenvalue weighted by Gasteiger charge is 2.48. The molecule has 58 heavy (non-hydrogen) atoms. The van der Waals surface area contributed by atoms with Crippen molar-refractivity contribution >= 4 is 43.3 Å². The maximum atomic E-state index is 12.2. The number of aliphatic carboxylic acids is 1. The van der Waals surface area contributed by atoms with Crippen molar-refractivity contribution in [1.82, 2.24) is 0 Å². The Labute approximate surface area is 343 Å². The molecule has 2 aliphatic rings. The molecule has 0 saturated heterocycles. The van der Waals surface area contributed by atoms with Gasteiger partial charge in [-0.05, 0) is 81.5 Å². The Morgan fingerprint density at radius 2 is 1.43 bits per heavy atom. The standard InChI is InChI=1S/C43H58N2O11S2/c1-6-7-23-42(2)35-31-33(57(48,49)50)20-22-38(35)45(26-28-54-4)39(42)16-12-9-8-10-13-17-40-43(3,24-27-56-30-29-55-5)36-32-34(58(51,52)53)19-21-37(36)44(40)25-15-11-14-18-41(46)47/h8-10,12-13,16-17,19-22,31-32H,6-7,11,14-15,18,23-30H2,1-5H3,(H2-,46,47,48,49,50,51,52,53)/p+1. The molecule has 0 amide bonds. The molecule has 13 nitrogen and oxygen atoms in total. The number of hydrogen-bond acceptors (Lipinski definition) is 9. The van der Waals surface area contributed by atoms with Crippen LogP contribution in [-0.4, -0.2) is 101 Å². The normalized spacial score (nSPS) is 20.4. The number of methoxy groups -OCH3 is 2. The van der Waals surface area contributed by atoms with E-state index < -0.39 is 37.0 Å². The third-order valence-electron chi connectivity index (χ3n) is 11.0. The van der Waals surface area contributed by atoms with Gasteiger partial charge < -0.3 is 24.2 Å². The van der Waals surface area contributed by atoms with Crippen molar-refractivity contribution in [1.29, 1.82) is 0 Å². The zero-order valence-electron chi connectivity index (χ0n) is 34.2. The Bertz CT molecular complexity index is 2140. The summed E-state index contributed by atoms with van der Waals surface area (Å²) >= 11 is 0. The first-order valence-electron chi connectivity index (χ1n) is 19.7. The Balaban J connectivity index is 1.68. The average molecular weight is 844 g/mol. The molecule has 2 aliphatic heterocycles. The number of nitrogens with zero attached hydrogens (tertiary/aromatic N) is 2. The molecule has 318 valence electrons. The molecule has 4 rings (SSSR count). The van der Waals surface area contributed by atoms with Gasteiger partial charge in [0.1, 0.15) is 6.61 Å². The third kappa shape index (κ3) is 11.4. The molecule has 15 heteroatoms. The van der Waals surface area contributed by atoms with Crippen molar-refractivity contribution in [2.24, 2.45) is 0 Å². The maximum absolute atomic E-state index is 12.2. The lowest BCUT2D eigenvalue weighted by atomic mass is 9.75. The minimum absolute atomic E-state index is 0.0847. The van der Waals surface area contributed by atoms with Gasteiger partial charge in [-0.3, -0.25) is 13.9 Å². The molecule has 0 fully saturated rings. The van der Waals surface area contributed by atoms with Gasteiger partial charge in [-0.15, -0.1) is 0 Å². The van der Waals surface area contributed by atoms with Gasteiger partial charge in [0.15, 0.2) is 12.3 Å². The lowest BCUT2D eigenvalue weighted by Crippen LogP contribution is -2.32. The van der Waals surface area contributed by atoms with Crippen LogP contribution in [-0.2, 0) is 50.1 Å². The lowest BCUT2D eigenvalue weighted by Gasteiger charge is -2.30. The summed E-state index contributed by atoms with van der Waals surface area (Å²) in [4.78, 5) is 12.9. The second-order valence-electron chi connectivity index (χ2n) is 15.0. The SMILES string of the molecule is CCCCC1(C)C(C=CC=CC=CC=C2N(CCCCCC(=O)O)c3ccc(S(=O)(=O)O)cc3C2(C)CCOCCOC)=[N+](CCOC)c2ccc(S(=O)(=O)O)cc21. The quantitative estimate of drug-likeness (QED) is 0.0413. The minimum atomic E-state index is -4.47. The number of carboxylic acids is 1. The molecule has 2 atom stereocenters. The zero-order chi connectivity index (χ0) is 42.6. The van der Waals surface area contributed by atoms with Crippen LogP contribution in [0.2, 0.25) is 0 Å². The van der Waals surface area contributed by atoms with Gasteiger partial charge >= 0.3 is 5.97 Å². The van der Waals surface area contributed by atoms with Crippen molar-refractivity contribution in [3.05, 3.63) is 95.8 Å². The van der Waals surface area contributed by atoms with E-state index in [2.05, 4.69) is 23.3 Å². The van der Waals surface area contributed by atoms with E-state index in [-0.39, 0.29) is 16.2 Å². The fraction of sp³-hybridized carbons (Fsp3) is 0.488. The Hall–Kier alpha value is -3.96. The van der Waals surface area contributed by atoms with Gasteiger partial charge in [0.2, 0.25) is 5.69 Å². The first kappa shape index (κ1) is 46.7.